The number of ether oxygens (including phenoxy) is 1. The number of hydrogen-bond donors (Lipinski definition) is 0. The number of methoxy groups -OCH3 is 1. The van der Waals surface area contributed by atoms with Gasteiger partial charge >= 0.3 is 0 Å². The molecule has 1 saturated heterocycles. The number of benzene rings is 2. The second-order valence-corrected chi connectivity index (χ2v) is 9.59. The summed E-state index contributed by atoms with van der Waals surface area (Å²) in [6, 6.07) is 13.9. The Kier molecular flexibility index (Phi) is 8.11. The van der Waals surface area contributed by atoms with Crippen LogP contribution in [-0.4, -0.2) is 50.9 Å². The Labute approximate surface area is 181 Å². The average Bonchev–Trinajstić information content (AvgIpc) is 2.68. The summed E-state index contributed by atoms with van der Waals surface area (Å²) in [5, 5.41) is 0. The van der Waals surface area contributed by atoms with Gasteiger partial charge in [0.15, 0.2) is 0 Å². The van der Waals surface area contributed by atoms with Crippen molar-refractivity contribution in [2.24, 2.45) is 0 Å². The molecule has 29 heavy (non-hydrogen) atoms. The third kappa shape index (κ3) is 5.31. The number of sulfonamides is 1. The van der Waals surface area contributed by atoms with Crippen molar-refractivity contribution in [2.75, 3.05) is 33.3 Å². The molecule has 3 rings (SSSR count). The minimum atomic E-state index is -3.52. The fourth-order valence-electron chi connectivity index (χ4n) is 3.69. The highest BCUT2D eigenvalue weighted by Crippen LogP contribution is 2.33. The summed E-state index contributed by atoms with van der Waals surface area (Å²) >= 11 is 0. The van der Waals surface area contributed by atoms with Gasteiger partial charge in [-0.2, -0.15) is 4.31 Å². The molecule has 5 nitrogen and oxygen atoms in total. The van der Waals surface area contributed by atoms with Crippen LogP contribution in [0.15, 0.2) is 47.4 Å². The first-order valence-corrected chi connectivity index (χ1v) is 11.2. The van der Waals surface area contributed by atoms with Gasteiger partial charge in [0.05, 0.1) is 12.0 Å². The van der Waals surface area contributed by atoms with Gasteiger partial charge in [-0.15, -0.1) is 12.4 Å². The molecule has 0 aromatic heterocycles. The predicted molar refractivity (Wildman–Crippen MR) is 120 cm³/mol. The van der Waals surface area contributed by atoms with Crippen LogP contribution in [0.1, 0.15) is 36.5 Å². The largest absolute Gasteiger partial charge is 0.496 e. The van der Waals surface area contributed by atoms with Gasteiger partial charge in [-0.25, -0.2) is 8.42 Å². The first kappa shape index (κ1) is 23.7. The first-order chi connectivity index (χ1) is 13.3. The standard InChI is InChI=1S/C22H30N2O3S.ClH/c1-17(2)20-15-22(18(3)14-21(20)27-4)28(25,26)24-12-10-23(11-13-24)16-19-8-6-5-7-9-19;/h5-9,14-15,17H,10-13,16H2,1-4H3;1H. The molecule has 0 aliphatic carbocycles. The van der Waals surface area contributed by atoms with Gasteiger partial charge in [0.1, 0.15) is 5.75 Å². The summed E-state index contributed by atoms with van der Waals surface area (Å²) in [7, 11) is -1.89. The molecule has 1 aliphatic rings. The van der Waals surface area contributed by atoms with Gasteiger partial charge in [0.25, 0.3) is 0 Å². The third-order valence-corrected chi connectivity index (χ3v) is 7.39. The third-order valence-electron chi connectivity index (χ3n) is 5.35. The monoisotopic (exact) mass is 438 g/mol. The maximum absolute atomic E-state index is 13.3. The van der Waals surface area contributed by atoms with Gasteiger partial charge in [-0.1, -0.05) is 44.2 Å². The van der Waals surface area contributed by atoms with Gasteiger partial charge in [0, 0.05) is 32.7 Å². The molecular formula is C22H31ClN2O3S. The molecule has 2 aromatic rings. The maximum atomic E-state index is 13.3. The summed E-state index contributed by atoms with van der Waals surface area (Å²) in [6.45, 7) is 9.28. The zero-order chi connectivity index (χ0) is 20.3. The van der Waals surface area contributed by atoms with Crippen molar-refractivity contribution in [3.8, 4) is 5.75 Å². The second-order valence-electron chi connectivity index (χ2n) is 7.68. The molecule has 1 heterocycles. The highest BCUT2D eigenvalue weighted by molar-refractivity contribution is 7.89. The summed E-state index contributed by atoms with van der Waals surface area (Å²) < 4.78 is 33.7. The molecule has 1 fully saturated rings. The van der Waals surface area contributed by atoms with E-state index in [0.717, 1.165) is 36.5 Å². The second kappa shape index (κ2) is 9.94. The molecule has 160 valence electrons. The van der Waals surface area contributed by atoms with E-state index in [9.17, 15) is 8.42 Å². The quantitative estimate of drug-likeness (QED) is 0.682. The molecule has 0 spiro atoms. The Bertz CT molecular complexity index is 909. The van der Waals surface area contributed by atoms with Crippen LogP contribution >= 0.6 is 12.4 Å². The molecule has 7 heteroatoms. The molecule has 0 N–H and O–H groups in total. The van der Waals surface area contributed by atoms with Crippen molar-refractivity contribution in [1.82, 2.24) is 9.21 Å². The fourth-order valence-corrected chi connectivity index (χ4v) is 5.36. The number of piperazine rings is 1. The Morgan fingerprint density at radius 1 is 1.03 bits per heavy atom. The van der Waals surface area contributed by atoms with Crippen LogP contribution in [0, 0.1) is 6.92 Å². The van der Waals surface area contributed by atoms with E-state index in [1.165, 1.54) is 5.56 Å². The Hall–Kier alpha value is -1.60. The molecule has 2 aromatic carbocycles. The summed E-state index contributed by atoms with van der Waals surface area (Å²) in [6.07, 6.45) is 0. The average molecular weight is 439 g/mol. The van der Waals surface area contributed by atoms with Crippen molar-refractivity contribution in [1.29, 1.82) is 0 Å². The topological polar surface area (TPSA) is 49.9 Å². The highest BCUT2D eigenvalue weighted by Gasteiger charge is 2.30. The summed E-state index contributed by atoms with van der Waals surface area (Å²) in [5.74, 6) is 0.936. The molecule has 0 amide bonds. The van der Waals surface area contributed by atoms with Crippen molar-refractivity contribution in [2.45, 2.75) is 38.1 Å². The zero-order valence-corrected chi connectivity index (χ0v) is 19.2. The molecular weight excluding hydrogens is 408 g/mol. The van der Waals surface area contributed by atoms with E-state index in [1.807, 2.05) is 45.0 Å². The van der Waals surface area contributed by atoms with Crippen LogP contribution < -0.4 is 4.74 Å². The minimum absolute atomic E-state index is 0. The lowest BCUT2D eigenvalue weighted by Gasteiger charge is -2.34. The van der Waals surface area contributed by atoms with E-state index >= 15 is 0 Å². The number of aryl methyl sites for hydroxylation is 1. The minimum Gasteiger partial charge on any atom is -0.496 e. The smallest absolute Gasteiger partial charge is 0.243 e. The van der Waals surface area contributed by atoms with Gasteiger partial charge in [0.2, 0.25) is 10.0 Å². The number of hydrogen-bond acceptors (Lipinski definition) is 4. The van der Waals surface area contributed by atoms with Crippen molar-refractivity contribution in [3.63, 3.8) is 0 Å². The number of rotatable bonds is 6. The molecule has 0 bridgehead atoms. The van der Waals surface area contributed by atoms with E-state index in [2.05, 4.69) is 17.0 Å². The highest BCUT2D eigenvalue weighted by atomic mass is 35.5. The van der Waals surface area contributed by atoms with Crippen LogP contribution in [-0.2, 0) is 16.6 Å². The fraction of sp³-hybridized carbons (Fsp3) is 0.455. The van der Waals surface area contributed by atoms with Crippen LogP contribution in [0.2, 0.25) is 0 Å². The normalized spacial score (nSPS) is 15.9. The Morgan fingerprint density at radius 2 is 1.66 bits per heavy atom. The van der Waals surface area contributed by atoms with Crippen LogP contribution in [0.3, 0.4) is 0 Å². The Morgan fingerprint density at radius 3 is 2.21 bits per heavy atom. The number of halogens is 1. The predicted octanol–water partition coefficient (Wildman–Crippen LogP) is 4.06. The zero-order valence-electron chi connectivity index (χ0n) is 17.6. The van der Waals surface area contributed by atoms with Crippen LogP contribution in [0.4, 0.5) is 0 Å². The van der Waals surface area contributed by atoms with Crippen LogP contribution in [0.5, 0.6) is 5.75 Å². The van der Waals surface area contributed by atoms with Crippen LogP contribution in [0.25, 0.3) is 0 Å². The lowest BCUT2D eigenvalue weighted by molar-refractivity contribution is 0.181. The van der Waals surface area contributed by atoms with E-state index in [-0.39, 0.29) is 18.3 Å². The molecule has 0 unspecified atom stereocenters. The van der Waals surface area contributed by atoms with E-state index in [1.54, 1.807) is 17.5 Å². The lowest BCUT2D eigenvalue weighted by Crippen LogP contribution is -2.48. The maximum Gasteiger partial charge on any atom is 0.243 e. The van der Waals surface area contributed by atoms with Crippen molar-refractivity contribution in [3.05, 3.63) is 59.2 Å². The van der Waals surface area contributed by atoms with Crippen molar-refractivity contribution < 1.29 is 13.2 Å². The summed E-state index contributed by atoms with van der Waals surface area (Å²) in [4.78, 5) is 2.70. The molecule has 0 radical (unpaired) electrons. The first-order valence-electron chi connectivity index (χ1n) is 9.78. The van der Waals surface area contributed by atoms with E-state index in [4.69, 9.17) is 4.74 Å². The SMILES string of the molecule is COc1cc(C)c(S(=O)(=O)N2CCN(Cc3ccccc3)CC2)cc1C(C)C.Cl. The molecule has 0 saturated carbocycles. The number of nitrogens with zero attached hydrogens (tertiary/aromatic N) is 2. The Balaban J connectivity index is 0.00000300. The summed E-state index contributed by atoms with van der Waals surface area (Å²) in [5.41, 5.74) is 2.91. The van der Waals surface area contributed by atoms with Gasteiger partial charge in [-0.3, -0.25) is 4.90 Å². The van der Waals surface area contributed by atoms with Crippen molar-refractivity contribution >= 4 is 22.4 Å². The van der Waals surface area contributed by atoms with E-state index < -0.39 is 10.0 Å². The van der Waals surface area contributed by atoms with Gasteiger partial charge in [-0.05, 0) is 41.7 Å². The van der Waals surface area contributed by atoms with Gasteiger partial charge < -0.3 is 4.74 Å². The molecule has 1 aliphatic heterocycles. The lowest BCUT2D eigenvalue weighted by atomic mass is 10.0. The van der Waals surface area contributed by atoms with E-state index in [0.29, 0.717) is 18.0 Å². The molecule has 0 atom stereocenters.